The molecule has 0 aliphatic heterocycles. The molecule has 0 fully saturated rings. The Bertz CT molecular complexity index is 435. The maximum Gasteiger partial charge on any atom is 0.239 e. The van der Waals surface area contributed by atoms with E-state index in [-0.39, 0.29) is 5.95 Å². The van der Waals surface area contributed by atoms with Crippen molar-refractivity contribution in [2.75, 3.05) is 5.73 Å². The quantitative estimate of drug-likeness (QED) is 0.721. The highest BCUT2D eigenvalue weighted by molar-refractivity contribution is 5.10. The van der Waals surface area contributed by atoms with Gasteiger partial charge in [-0.25, -0.2) is 19.6 Å². The summed E-state index contributed by atoms with van der Waals surface area (Å²) in [5.74, 6) is 1.02. The van der Waals surface area contributed by atoms with Crippen LogP contribution in [0.4, 0.5) is 5.95 Å². The minimum absolute atomic E-state index is 0.274. The highest BCUT2D eigenvalue weighted by Gasteiger charge is 1.99. The molecule has 2 aromatic heterocycles. The van der Waals surface area contributed by atoms with Gasteiger partial charge < -0.3 is 5.73 Å². The summed E-state index contributed by atoms with van der Waals surface area (Å²) in [4.78, 5) is 12.1. The zero-order valence-corrected chi connectivity index (χ0v) is 7.75. The molecule has 0 aromatic carbocycles. The minimum Gasteiger partial charge on any atom is -0.367 e. The third kappa shape index (κ3) is 1.85. The van der Waals surface area contributed by atoms with E-state index in [0.29, 0.717) is 6.54 Å². The lowest BCUT2D eigenvalue weighted by Gasteiger charge is -1.99. The van der Waals surface area contributed by atoms with Gasteiger partial charge in [-0.1, -0.05) is 0 Å². The van der Waals surface area contributed by atoms with E-state index in [1.807, 2.05) is 13.0 Å². The molecule has 2 N–H and O–H groups in total. The fourth-order valence-corrected chi connectivity index (χ4v) is 1.14. The number of rotatable bonds is 2. The van der Waals surface area contributed by atoms with Crippen LogP contribution in [0.2, 0.25) is 0 Å². The maximum absolute atomic E-state index is 5.39. The Labute approximate surface area is 80.8 Å². The summed E-state index contributed by atoms with van der Waals surface area (Å²) in [6.07, 6.45) is 3.30. The Morgan fingerprint density at radius 2 is 2.29 bits per heavy atom. The summed E-state index contributed by atoms with van der Waals surface area (Å²) >= 11 is 0. The van der Waals surface area contributed by atoms with Gasteiger partial charge >= 0.3 is 0 Å². The van der Waals surface area contributed by atoms with Crippen molar-refractivity contribution >= 4 is 5.95 Å². The summed E-state index contributed by atoms with van der Waals surface area (Å²) in [7, 11) is 0. The Morgan fingerprint density at radius 3 is 2.93 bits per heavy atom. The Morgan fingerprint density at radius 1 is 1.43 bits per heavy atom. The van der Waals surface area contributed by atoms with Gasteiger partial charge in [-0.3, -0.25) is 0 Å². The average molecular weight is 190 g/mol. The van der Waals surface area contributed by atoms with Crippen LogP contribution in [0, 0.1) is 6.92 Å². The summed E-state index contributed by atoms with van der Waals surface area (Å²) in [6.45, 7) is 2.41. The molecule has 0 spiro atoms. The van der Waals surface area contributed by atoms with Crippen LogP contribution in [0.25, 0.3) is 0 Å². The highest BCUT2D eigenvalue weighted by atomic mass is 15.4. The number of hydrogen-bond donors (Lipinski definition) is 1. The Hall–Kier alpha value is -1.98. The van der Waals surface area contributed by atoms with Crippen molar-refractivity contribution in [1.29, 1.82) is 0 Å². The number of aryl methyl sites for hydroxylation is 1. The fraction of sp³-hybridized carbons (Fsp3) is 0.250. The van der Waals surface area contributed by atoms with E-state index < -0.39 is 0 Å². The first-order valence-electron chi connectivity index (χ1n) is 4.17. The summed E-state index contributed by atoms with van der Waals surface area (Å²) in [6, 6.07) is 1.84. The van der Waals surface area contributed by atoms with Crippen LogP contribution in [0.1, 0.15) is 11.5 Å². The second-order valence-corrected chi connectivity index (χ2v) is 2.90. The van der Waals surface area contributed by atoms with E-state index in [2.05, 4.69) is 20.1 Å². The Kier molecular flexibility index (Phi) is 2.10. The lowest BCUT2D eigenvalue weighted by atomic mass is 10.4. The van der Waals surface area contributed by atoms with Crippen molar-refractivity contribution in [3.63, 3.8) is 0 Å². The number of hydrogen-bond acceptors (Lipinski definition) is 5. The molecule has 0 amide bonds. The first kappa shape index (κ1) is 8.61. The van der Waals surface area contributed by atoms with Crippen LogP contribution in [0.15, 0.2) is 18.6 Å². The lowest BCUT2D eigenvalue weighted by molar-refractivity contribution is 0.668. The van der Waals surface area contributed by atoms with Crippen LogP contribution in [0.3, 0.4) is 0 Å². The Balaban J connectivity index is 2.18. The van der Waals surface area contributed by atoms with Crippen molar-refractivity contribution in [2.24, 2.45) is 0 Å². The molecule has 0 radical (unpaired) electrons. The molecule has 6 nitrogen and oxygen atoms in total. The van der Waals surface area contributed by atoms with E-state index in [9.17, 15) is 0 Å². The molecule has 0 bridgehead atoms. The molecule has 0 unspecified atom stereocenters. The predicted molar refractivity (Wildman–Crippen MR) is 50.3 cm³/mol. The van der Waals surface area contributed by atoms with Gasteiger partial charge in [0.05, 0.1) is 12.2 Å². The second-order valence-electron chi connectivity index (χ2n) is 2.90. The van der Waals surface area contributed by atoms with E-state index in [0.717, 1.165) is 11.5 Å². The largest absolute Gasteiger partial charge is 0.367 e. The average Bonchev–Trinajstić information content (AvgIpc) is 2.51. The lowest BCUT2D eigenvalue weighted by Crippen LogP contribution is -2.04. The number of nitrogens with two attached hydrogens (primary N) is 1. The molecule has 14 heavy (non-hydrogen) atoms. The van der Waals surface area contributed by atoms with E-state index in [4.69, 9.17) is 5.73 Å². The highest BCUT2D eigenvalue weighted by Crippen LogP contribution is 1.98. The van der Waals surface area contributed by atoms with Crippen LogP contribution >= 0.6 is 0 Å². The SMILES string of the molecule is Cc1nccc(Cn2cnc(N)n2)n1. The zero-order valence-electron chi connectivity index (χ0n) is 7.75. The smallest absolute Gasteiger partial charge is 0.239 e. The molecule has 0 aliphatic carbocycles. The van der Waals surface area contributed by atoms with Gasteiger partial charge in [-0.05, 0) is 13.0 Å². The van der Waals surface area contributed by atoms with Gasteiger partial charge in [0, 0.05) is 6.20 Å². The normalized spacial score (nSPS) is 10.4. The van der Waals surface area contributed by atoms with E-state index >= 15 is 0 Å². The zero-order chi connectivity index (χ0) is 9.97. The number of nitrogen functional groups attached to an aromatic ring is 1. The molecule has 72 valence electrons. The standard InChI is InChI=1S/C8H10N6/c1-6-10-3-2-7(12-6)4-14-5-11-8(9)13-14/h2-3,5H,4H2,1H3,(H2,9,13). The van der Waals surface area contributed by atoms with Gasteiger partial charge in [0.25, 0.3) is 0 Å². The predicted octanol–water partition coefficient (Wildman–Crippen LogP) is 0.00702. The third-order valence-corrected chi connectivity index (χ3v) is 1.71. The van der Waals surface area contributed by atoms with Crippen LogP contribution in [-0.4, -0.2) is 24.7 Å². The number of anilines is 1. The number of aromatic nitrogens is 5. The third-order valence-electron chi connectivity index (χ3n) is 1.71. The minimum atomic E-state index is 0.274. The molecular weight excluding hydrogens is 180 g/mol. The summed E-state index contributed by atoms with van der Waals surface area (Å²) < 4.78 is 1.64. The maximum atomic E-state index is 5.39. The molecule has 0 saturated heterocycles. The molecule has 0 saturated carbocycles. The fourth-order valence-electron chi connectivity index (χ4n) is 1.14. The molecule has 2 rings (SSSR count). The van der Waals surface area contributed by atoms with Crippen LogP contribution in [0.5, 0.6) is 0 Å². The molecule has 0 atom stereocenters. The first-order chi connectivity index (χ1) is 6.74. The monoisotopic (exact) mass is 190 g/mol. The van der Waals surface area contributed by atoms with Gasteiger partial charge in [-0.2, -0.15) is 0 Å². The van der Waals surface area contributed by atoms with Crippen molar-refractivity contribution < 1.29 is 0 Å². The van der Waals surface area contributed by atoms with Gasteiger partial charge in [-0.15, -0.1) is 5.10 Å². The first-order valence-corrected chi connectivity index (χ1v) is 4.17. The van der Waals surface area contributed by atoms with Gasteiger partial charge in [0.1, 0.15) is 12.2 Å². The molecule has 2 heterocycles. The second kappa shape index (κ2) is 3.41. The van der Waals surface area contributed by atoms with Gasteiger partial charge in [0.15, 0.2) is 0 Å². The van der Waals surface area contributed by atoms with E-state index in [1.165, 1.54) is 0 Å². The summed E-state index contributed by atoms with van der Waals surface area (Å²) in [5, 5.41) is 3.96. The van der Waals surface area contributed by atoms with E-state index in [1.54, 1.807) is 17.2 Å². The molecule has 6 heteroatoms. The van der Waals surface area contributed by atoms with Crippen molar-refractivity contribution in [2.45, 2.75) is 13.5 Å². The van der Waals surface area contributed by atoms with Crippen molar-refractivity contribution in [3.8, 4) is 0 Å². The van der Waals surface area contributed by atoms with Crippen LogP contribution in [-0.2, 0) is 6.54 Å². The molecule has 2 aromatic rings. The molecular formula is C8H10N6. The summed E-state index contributed by atoms with van der Waals surface area (Å²) in [5.41, 5.74) is 6.28. The van der Waals surface area contributed by atoms with Gasteiger partial charge in [0.2, 0.25) is 5.95 Å². The molecule has 0 aliphatic rings. The number of nitrogens with zero attached hydrogens (tertiary/aromatic N) is 5. The topological polar surface area (TPSA) is 82.5 Å². The van der Waals surface area contributed by atoms with Crippen molar-refractivity contribution in [1.82, 2.24) is 24.7 Å². The van der Waals surface area contributed by atoms with Crippen molar-refractivity contribution in [3.05, 3.63) is 30.1 Å². The van der Waals surface area contributed by atoms with Crippen LogP contribution < -0.4 is 5.73 Å².